The van der Waals surface area contributed by atoms with Crippen LogP contribution in [-0.4, -0.2) is 27.7 Å². The molecule has 0 amide bonds. The number of aromatic nitrogens is 2. The first-order chi connectivity index (χ1) is 6.57. The fourth-order valence-electron chi connectivity index (χ4n) is 1.39. The summed E-state index contributed by atoms with van der Waals surface area (Å²) in [7, 11) is 1.57. The predicted octanol–water partition coefficient (Wildman–Crippen LogP) is 1.31. The normalized spacial score (nSPS) is 10.9. The minimum absolute atomic E-state index is 0.0621. The molecule has 1 rings (SSSR count). The third-order valence-corrected chi connectivity index (χ3v) is 1.87. The van der Waals surface area contributed by atoms with E-state index in [0.29, 0.717) is 6.61 Å². The zero-order valence-corrected chi connectivity index (χ0v) is 8.52. The van der Waals surface area contributed by atoms with Crippen molar-refractivity contribution in [2.75, 3.05) is 7.11 Å². The minimum Gasteiger partial charge on any atom is -0.475 e. The number of methoxy groups -OCH3 is 1. The summed E-state index contributed by atoms with van der Waals surface area (Å²) in [6.07, 6.45) is 1.53. The highest BCUT2D eigenvalue weighted by atomic mass is 16.5. The molecule has 0 radical (unpaired) electrons. The number of nitrogens with zero attached hydrogens (tertiary/aromatic N) is 2. The lowest BCUT2D eigenvalue weighted by atomic mass is 10.3. The van der Waals surface area contributed by atoms with Gasteiger partial charge in [0.25, 0.3) is 0 Å². The Labute approximate surface area is 82.3 Å². The van der Waals surface area contributed by atoms with Gasteiger partial charge >= 0.3 is 5.97 Å². The summed E-state index contributed by atoms with van der Waals surface area (Å²) in [6, 6.07) is 0.0637. The van der Waals surface area contributed by atoms with E-state index in [9.17, 15) is 4.79 Å². The number of carboxylic acid groups (broad SMARTS) is 1. The first-order valence-corrected chi connectivity index (χ1v) is 4.36. The van der Waals surface area contributed by atoms with Gasteiger partial charge in [-0.05, 0) is 13.8 Å². The molecule has 5 heteroatoms. The van der Waals surface area contributed by atoms with Crippen LogP contribution in [0.25, 0.3) is 0 Å². The van der Waals surface area contributed by atoms with Gasteiger partial charge < -0.3 is 14.4 Å². The Morgan fingerprint density at radius 3 is 2.79 bits per heavy atom. The number of carbonyl (C=O) groups is 1. The molecule has 0 spiro atoms. The van der Waals surface area contributed by atoms with E-state index in [2.05, 4.69) is 4.98 Å². The van der Waals surface area contributed by atoms with E-state index in [-0.39, 0.29) is 11.9 Å². The number of ether oxygens (including phenoxy) is 1. The number of hydrogen-bond acceptors (Lipinski definition) is 3. The molecule has 1 heterocycles. The lowest BCUT2D eigenvalue weighted by molar-refractivity contribution is 0.0674. The number of aromatic carboxylic acids is 1. The molecule has 0 aliphatic carbocycles. The molecular weight excluding hydrogens is 184 g/mol. The van der Waals surface area contributed by atoms with Crippen LogP contribution >= 0.6 is 0 Å². The highest BCUT2D eigenvalue weighted by Crippen LogP contribution is 2.14. The van der Waals surface area contributed by atoms with Gasteiger partial charge in [0.2, 0.25) is 5.82 Å². The molecule has 1 aromatic heterocycles. The highest BCUT2D eigenvalue weighted by molar-refractivity contribution is 5.83. The maximum absolute atomic E-state index is 10.8. The Hall–Kier alpha value is -1.36. The second-order valence-corrected chi connectivity index (χ2v) is 3.28. The van der Waals surface area contributed by atoms with Crippen molar-refractivity contribution in [2.45, 2.75) is 26.5 Å². The van der Waals surface area contributed by atoms with Crippen LogP contribution in [-0.2, 0) is 11.3 Å². The largest absolute Gasteiger partial charge is 0.475 e. The summed E-state index contributed by atoms with van der Waals surface area (Å²) in [5, 5.41) is 8.87. The summed E-state index contributed by atoms with van der Waals surface area (Å²) in [5.74, 6) is -0.951. The van der Waals surface area contributed by atoms with Gasteiger partial charge in [0.1, 0.15) is 0 Å². The summed E-state index contributed by atoms with van der Waals surface area (Å²) in [5.41, 5.74) is 0.778. The monoisotopic (exact) mass is 198 g/mol. The molecular formula is C9H14N2O3. The molecule has 0 aromatic carbocycles. The first-order valence-electron chi connectivity index (χ1n) is 4.36. The van der Waals surface area contributed by atoms with Crippen molar-refractivity contribution in [3.63, 3.8) is 0 Å². The lowest BCUT2D eigenvalue weighted by Gasteiger charge is -2.13. The molecule has 14 heavy (non-hydrogen) atoms. The molecule has 0 aliphatic rings. The van der Waals surface area contributed by atoms with E-state index in [1.165, 1.54) is 6.20 Å². The van der Waals surface area contributed by atoms with Crippen LogP contribution in [0.15, 0.2) is 6.20 Å². The SMILES string of the molecule is COCc1cnc(C(=O)O)n1C(C)C. The van der Waals surface area contributed by atoms with Gasteiger partial charge in [-0.25, -0.2) is 9.78 Å². The van der Waals surface area contributed by atoms with E-state index in [1.807, 2.05) is 13.8 Å². The molecule has 78 valence electrons. The van der Waals surface area contributed by atoms with Gasteiger partial charge in [-0.3, -0.25) is 0 Å². The van der Waals surface area contributed by atoms with Crippen molar-refractivity contribution in [2.24, 2.45) is 0 Å². The maximum atomic E-state index is 10.8. The Bertz CT molecular complexity index is 331. The maximum Gasteiger partial charge on any atom is 0.372 e. The predicted molar refractivity (Wildman–Crippen MR) is 50.3 cm³/mol. The molecule has 1 aromatic rings. The van der Waals surface area contributed by atoms with E-state index in [1.54, 1.807) is 11.7 Å². The molecule has 1 N–H and O–H groups in total. The quantitative estimate of drug-likeness (QED) is 0.792. The molecule has 0 unspecified atom stereocenters. The van der Waals surface area contributed by atoms with E-state index >= 15 is 0 Å². The van der Waals surface area contributed by atoms with E-state index in [4.69, 9.17) is 9.84 Å². The Kier molecular flexibility index (Phi) is 3.24. The first kappa shape index (κ1) is 10.7. The average Bonchev–Trinajstić information content (AvgIpc) is 2.48. The second kappa shape index (κ2) is 4.23. The lowest BCUT2D eigenvalue weighted by Crippen LogP contribution is -2.14. The fraction of sp³-hybridized carbons (Fsp3) is 0.556. The van der Waals surface area contributed by atoms with Gasteiger partial charge in [0.15, 0.2) is 0 Å². The number of hydrogen-bond donors (Lipinski definition) is 1. The Morgan fingerprint density at radius 1 is 1.71 bits per heavy atom. The van der Waals surface area contributed by atoms with Gasteiger partial charge in [-0.15, -0.1) is 0 Å². The van der Waals surface area contributed by atoms with Crippen LogP contribution in [0.3, 0.4) is 0 Å². The van der Waals surface area contributed by atoms with Crippen LogP contribution < -0.4 is 0 Å². The molecule has 0 saturated carbocycles. The summed E-state index contributed by atoms with van der Waals surface area (Å²) in [4.78, 5) is 14.7. The minimum atomic E-state index is -1.01. The summed E-state index contributed by atoms with van der Waals surface area (Å²) in [6.45, 7) is 4.19. The van der Waals surface area contributed by atoms with Gasteiger partial charge in [-0.2, -0.15) is 0 Å². The Morgan fingerprint density at radius 2 is 2.36 bits per heavy atom. The third-order valence-electron chi connectivity index (χ3n) is 1.87. The van der Waals surface area contributed by atoms with Crippen molar-refractivity contribution in [3.8, 4) is 0 Å². The van der Waals surface area contributed by atoms with Crippen molar-refractivity contribution in [3.05, 3.63) is 17.7 Å². The van der Waals surface area contributed by atoms with Crippen molar-refractivity contribution < 1.29 is 14.6 Å². The van der Waals surface area contributed by atoms with Crippen LogP contribution in [0.4, 0.5) is 0 Å². The fourth-order valence-corrected chi connectivity index (χ4v) is 1.39. The molecule has 0 bridgehead atoms. The standard InChI is InChI=1S/C9H14N2O3/c1-6(2)11-7(5-14-3)4-10-8(11)9(12)13/h4,6H,5H2,1-3H3,(H,12,13). The van der Waals surface area contributed by atoms with Crippen LogP contribution in [0, 0.1) is 0 Å². The average molecular weight is 198 g/mol. The summed E-state index contributed by atoms with van der Waals surface area (Å²) >= 11 is 0. The molecule has 5 nitrogen and oxygen atoms in total. The topological polar surface area (TPSA) is 64.3 Å². The van der Waals surface area contributed by atoms with E-state index < -0.39 is 5.97 Å². The summed E-state index contributed by atoms with van der Waals surface area (Å²) < 4.78 is 6.62. The van der Waals surface area contributed by atoms with Crippen molar-refractivity contribution in [1.29, 1.82) is 0 Å². The van der Waals surface area contributed by atoms with Gasteiger partial charge in [0.05, 0.1) is 18.5 Å². The zero-order valence-electron chi connectivity index (χ0n) is 8.52. The molecule has 0 aliphatic heterocycles. The van der Waals surface area contributed by atoms with E-state index in [0.717, 1.165) is 5.69 Å². The zero-order chi connectivity index (χ0) is 10.7. The molecule has 0 saturated heterocycles. The number of imidazole rings is 1. The number of carboxylic acids is 1. The number of rotatable bonds is 4. The van der Waals surface area contributed by atoms with Crippen LogP contribution in [0.1, 0.15) is 36.2 Å². The molecule has 0 fully saturated rings. The van der Waals surface area contributed by atoms with Crippen molar-refractivity contribution >= 4 is 5.97 Å². The van der Waals surface area contributed by atoms with Crippen LogP contribution in [0.5, 0.6) is 0 Å². The highest BCUT2D eigenvalue weighted by Gasteiger charge is 2.17. The van der Waals surface area contributed by atoms with Crippen LogP contribution in [0.2, 0.25) is 0 Å². The van der Waals surface area contributed by atoms with Crippen molar-refractivity contribution in [1.82, 2.24) is 9.55 Å². The smallest absolute Gasteiger partial charge is 0.372 e. The Balaban J connectivity index is 3.13. The molecule has 0 atom stereocenters. The second-order valence-electron chi connectivity index (χ2n) is 3.28. The van der Waals surface area contributed by atoms with Gasteiger partial charge in [0, 0.05) is 13.2 Å². The third kappa shape index (κ3) is 1.93. The van der Waals surface area contributed by atoms with Gasteiger partial charge in [-0.1, -0.05) is 0 Å².